The number of nitrogens with zero attached hydrogens (tertiary/aromatic N) is 1. The number of aryl methyl sites for hydroxylation is 2. The van der Waals surface area contributed by atoms with Gasteiger partial charge in [-0.25, -0.2) is 0 Å². The molecule has 2 aliphatic carbocycles. The van der Waals surface area contributed by atoms with E-state index in [1.165, 1.54) is 23.3 Å². The average Bonchev–Trinajstić information content (AvgIpc) is 2.91. The highest BCUT2D eigenvalue weighted by molar-refractivity contribution is 7.71. The molecule has 4 rings (SSSR count). The molecule has 0 aliphatic heterocycles. The third-order valence-electron chi connectivity index (χ3n) is 5.18. The molecular weight excluding hydrogens is 288 g/mol. The number of nitrogens with one attached hydrogen (secondary N) is 1. The van der Waals surface area contributed by atoms with Crippen LogP contribution in [-0.4, -0.2) is 9.55 Å². The second-order valence-electron chi connectivity index (χ2n) is 6.06. The summed E-state index contributed by atoms with van der Waals surface area (Å²) in [4.78, 5) is 18.8. The molecule has 20 heavy (non-hydrogen) atoms. The number of thiophene rings is 1. The number of hydrogen-bond donors (Lipinski definition) is 1. The predicted molar refractivity (Wildman–Crippen MR) is 85.4 cm³/mol. The molecule has 0 aromatic carbocycles. The van der Waals surface area contributed by atoms with Gasteiger partial charge in [0.2, 0.25) is 0 Å². The van der Waals surface area contributed by atoms with E-state index in [-0.39, 0.29) is 11.1 Å². The van der Waals surface area contributed by atoms with Gasteiger partial charge >= 0.3 is 0 Å². The molecule has 1 fully saturated rings. The highest BCUT2D eigenvalue weighted by atomic mass is 32.1. The van der Waals surface area contributed by atoms with Gasteiger partial charge in [-0.15, -0.1) is 11.3 Å². The fraction of sp³-hybridized carbons (Fsp3) is 0.600. The van der Waals surface area contributed by atoms with Gasteiger partial charge in [-0.2, -0.15) is 0 Å². The zero-order valence-corrected chi connectivity index (χ0v) is 13.3. The molecule has 2 heterocycles. The highest BCUT2D eigenvalue weighted by Crippen LogP contribution is 2.42. The van der Waals surface area contributed by atoms with Crippen molar-refractivity contribution in [3.05, 3.63) is 25.6 Å². The summed E-state index contributed by atoms with van der Waals surface area (Å²) in [6.45, 7) is 2.17. The van der Waals surface area contributed by atoms with E-state index in [1.54, 1.807) is 11.3 Å². The molecular formula is C15H18N2OS2. The van der Waals surface area contributed by atoms with Crippen molar-refractivity contribution in [3.63, 3.8) is 0 Å². The lowest BCUT2D eigenvalue weighted by Crippen LogP contribution is -2.46. The van der Waals surface area contributed by atoms with Crippen LogP contribution >= 0.6 is 23.6 Å². The van der Waals surface area contributed by atoms with E-state index in [2.05, 4.69) is 11.9 Å². The van der Waals surface area contributed by atoms with Crippen LogP contribution in [0.3, 0.4) is 0 Å². The Morgan fingerprint density at radius 1 is 1.35 bits per heavy atom. The lowest BCUT2D eigenvalue weighted by molar-refractivity contribution is 0.128. The van der Waals surface area contributed by atoms with Crippen molar-refractivity contribution in [1.29, 1.82) is 0 Å². The van der Waals surface area contributed by atoms with Crippen molar-refractivity contribution in [1.82, 2.24) is 9.55 Å². The first kappa shape index (κ1) is 12.8. The second-order valence-corrected chi connectivity index (χ2v) is 7.56. The van der Waals surface area contributed by atoms with E-state index in [9.17, 15) is 4.79 Å². The summed E-state index contributed by atoms with van der Waals surface area (Å²) in [5.74, 6) is 0. The predicted octanol–water partition coefficient (Wildman–Crippen LogP) is 3.90. The molecule has 2 aliphatic rings. The van der Waals surface area contributed by atoms with Gasteiger partial charge in [-0.1, -0.05) is 6.92 Å². The van der Waals surface area contributed by atoms with Crippen molar-refractivity contribution < 1.29 is 0 Å². The summed E-state index contributed by atoms with van der Waals surface area (Å²) in [5.41, 5.74) is 1.43. The minimum Gasteiger partial charge on any atom is -0.323 e. The molecule has 1 N–H and O–H groups in total. The maximum atomic E-state index is 13.1. The quantitative estimate of drug-likeness (QED) is 0.855. The largest absolute Gasteiger partial charge is 0.323 e. The van der Waals surface area contributed by atoms with Gasteiger partial charge in [0.25, 0.3) is 5.56 Å². The van der Waals surface area contributed by atoms with Gasteiger partial charge in [0.1, 0.15) is 4.83 Å². The number of fused-ring (bicyclic) bond motifs is 3. The van der Waals surface area contributed by atoms with E-state index in [1.807, 2.05) is 4.57 Å². The fourth-order valence-electron chi connectivity index (χ4n) is 3.83. The Balaban J connectivity index is 2.07. The van der Waals surface area contributed by atoms with Gasteiger partial charge < -0.3 is 4.98 Å². The van der Waals surface area contributed by atoms with Gasteiger partial charge in [-0.3, -0.25) is 9.36 Å². The molecule has 0 atom stereocenters. The zero-order chi connectivity index (χ0) is 13.9. The van der Waals surface area contributed by atoms with Gasteiger partial charge in [0.15, 0.2) is 4.77 Å². The maximum absolute atomic E-state index is 13.1. The Morgan fingerprint density at radius 2 is 2.15 bits per heavy atom. The third kappa shape index (κ3) is 1.51. The molecule has 0 unspecified atom stereocenters. The van der Waals surface area contributed by atoms with Crippen LogP contribution in [0.1, 0.15) is 49.5 Å². The summed E-state index contributed by atoms with van der Waals surface area (Å²) in [6.07, 6.45) is 7.71. The SMILES string of the molecule is CCC1(n2c(=S)[nH]c3sc4c(c3c2=O)CCC4)CCC1. The highest BCUT2D eigenvalue weighted by Gasteiger charge is 2.39. The Bertz CT molecular complexity index is 802. The number of rotatable bonds is 2. The molecule has 106 valence electrons. The summed E-state index contributed by atoms with van der Waals surface area (Å²) in [5, 5.41) is 0.927. The van der Waals surface area contributed by atoms with Crippen molar-refractivity contribution in [3.8, 4) is 0 Å². The van der Waals surface area contributed by atoms with Crippen LogP contribution in [0.15, 0.2) is 4.79 Å². The Labute approximate surface area is 126 Å². The van der Waals surface area contributed by atoms with Crippen LogP contribution in [0.25, 0.3) is 10.2 Å². The van der Waals surface area contributed by atoms with Crippen LogP contribution in [0.4, 0.5) is 0 Å². The first-order valence-corrected chi connectivity index (χ1v) is 8.69. The summed E-state index contributed by atoms with van der Waals surface area (Å²) >= 11 is 7.23. The monoisotopic (exact) mass is 306 g/mol. The molecule has 5 heteroatoms. The maximum Gasteiger partial charge on any atom is 0.263 e. The molecule has 0 spiro atoms. The summed E-state index contributed by atoms with van der Waals surface area (Å²) < 4.78 is 2.52. The molecule has 0 amide bonds. The number of H-pyrrole nitrogens is 1. The smallest absolute Gasteiger partial charge is 0.263 e. The molecule has 2 aromatic heterocycles. The summed E-state index contributed by atoms with van der Waals surface area (Å²) in [6, 6.07) is 0. The minimum atomic E-state index is -0.0215. The van der Waals surface area contributed by atoms with Gasteiger partial charge in [0, 0.05) is 4.88 Å². The van der Waals surface area contributed by atoms with Crippen molar-refractivity contribution >= 4 is 33.8 Å². The topological polar surface area (TPSA) is 37.8 Å². The zero-order valence-electron chi connectivity index (χ0n) is 11.6. The van der Waals surface area contributed by atoms with Crippen LogP contribution in [0.2, 0.25) is 0 Å². The molecule has 0 radical (unpaired) electrons. The van der Waals surface area contributed by atoms with Crippen LogP contribution in [0.5, 0.6) is 0 Å². The van der Waals surface area contributed by atoms with Crippen molar-refractivity contribution in [2.45, 2.75) is 57.4 Å². The molecule has 0 bridgehead atoms. The molecule has 2 aromatic rings. The fourth-order valence-corrected chi connectivity index (χ4v) is 5.55. The minimum absolute atomic E-state index is 0.0215. The first-order valence-electron chi connectivity index (χ1n) is 7.46. The third-order valence-corrected chi connectivity index (χ3v) is 6.67. The van der Waals surface area contributed by atoms with Crippen LogP contribution < -0.4 is 5.56 Å². The normalized spacial score (nSPS) is 20.1. The Kier molecular flexibility index (Phi) is 2.73. The summed E-state index contributed by atoms with van der Waals surface area (Å²) in [7, 11) is 0. The lowest BCUT2D eigenvalue weighted by atomic mass is 9.74. The van der Waals surface area contributed by atoms with Gasteiger partial charge in [-0.05, 0) is 62.7 Å². The lowest BCUT2D eigenvalue weighted by Gasteiger charge is -2.42. The second kappa shape index (κ2) is 4.28. The van der Waals surface area contributed by atoms with E-state index in [0.29, 0.717) is 4.77 Å². The van der Waals surface area contributed by atoms with E-state index < -0.39 is 0 Å². The van der Waals surface area contributed by atoms with E-state index >= 15 is 0 Å². The van der Waals surface area contributed by atoms with Crippen LogP contribution in [0, 0.1) is 4.77 Å². The number of aromatic amines is 1. The Morgan fingerprint density at radius 3 is 2.80 bits per heavy atom. The molecule has 3 nitrogen and oxygen atoms in total. The first-order chi connectivity index (χ1) is 9.66. The van der Waals surface area contributed by atoms with Crippen LogP contribution in [-0.2, 0) is 18.4 Å². The van der Waals surface area contributed by atoms with Crippen molar-refractivity contribution in [2.75, 3.05) is 0 Å². The standard InChI is InChI=1S/C15H18N2OS2/c1-2-15(7-4-8-15)17-13(18)11-9-5-3-6-10(9)20-12(11)16-14(17)19/h2-8H2,1H3,(H,16,19). The number of aromatic nitrogens is 2. The van der Waals surface area contributed by atoms with E-state index in [0.717, 1.165) is 42.3 Å². The Hall–Kier alpha value is -0.940. The van der Waals surface area contributed by atoms with E-state index in [4.69, 9.17) is 12.2 Å². The average molecular weight is 306 g/mol. The van der Waals surface area contributed by atoms with Crippen molar-refractivity contribution in [2.24, 2.45) is 0 Å². The molecule has 1 saturated carbocycles. The number of hydrogen-bond acceptors (Lipinski definition) is 3. The molecule has 0 saturated heterocycles. The van der Waals surface area contributed by atoms with Gasteiger partial charge in [0.05, 0.1) is 10.9 Å².